The van der Waals surface area contributed by atoms with Gasteiger partial charge in [-0.15, -0.1) is 0 Å². The summed E-state index contributed by atoms with van der Waals surface area (Å²) >= 11 is 0. The Morgan fingerprint density at radius 1 is 0.952 bits per heavy atom. The van der Waals surface area contributed by atoms with Crippen molar-refractivity contribution in [3.05, 3.63) is 78.0 Å². The number of hydrogen-bond donors (Lipinski definition) is 0. The second kappa shape index (κ2) is 5.05. The molecule has 0 saturated carbocycles. The van der Waals surface area contributed by atoms with Gasteiger partial charge >= 0.3 is 5.92 Å². The predicted molar refractivity (Wildman–Crippen MR) is 76.4 cm³/mol. The summed E-state index contributed by atoms with van der Waals surface area (Å²) in [5.41, 5.74) is 0.0849. The molecule has 1 aromatic heterocycles. The molecule has 0 radical (unpaired) electrons. The number of carbonyl (C=O) groups excluding carboxylic acids is 1. The molecule has 0 N–H and O–H groups in total. The van der Waals surface area contributed by atoms with Crippen LogP contribution in [0, 0.1) is 0 Å². The standard InChI is InChI=1S/C17H11F2NO/c18-17(19,16(21)13-5-2-1-3-6-13)14-9-8-12-7-4-10-20-15(12)11-14/h1-11H. The molecule has 3 rings (SSSR count). The van der Waals surface area contributed by atoms with Crippen LogP contribution in [0.3, 0.4) is 0 Å². The summed E-state index contributed by atoms with van der Waals surface area (Å²) in [7, 11) is 0. The van der Waals surface area contributed by atoms with Crippen molar-refractivity contribution in [2.45, 2.75) is 5.92 Å². The average molecular weight is 283 g/mol. The zero-order chi connectivity index (χ0) is 14.9. The van der Waals surface area contributed by atoms with E-state index >= 15 is 0 Å². The number of ketones is 1. The molecule has 0 bridgehead atoms. The Bertz CT molecular complexity index is 800. The van der Waals surface area contributed by atoms with Crippen LogP contribution in [0.15, 0.2) is 66.9 Å². The average Bonchev–Trinajstić information content (AvgIpc) is 2.54. The molecule has 21 heavy (non-hydrogen) atoms. The van der Waals surface area contributed by atoms with Crippen molar-refractivity contribution in [2.75, 3.05) is 0 Å². The van der Waals surface area contributed by atoms with Gasteiger partial charge in [0.15, 0.2) is 0 Å². The largest absolute Gasteiger partial charge is 0.335 e. The van der Waals surface area contributed by atoms with Gasteiger partial charge in [0.2, 0.25) is 5.78 Å². The fourth-order valence-corrected chi connectivity index (χ4v) is 2.16. The molecule has 104 valence electrons. The van der Waals surface area contributed by atoms with Crippen molar-refractivity contribution in [1.29, 1.82) is 0 Å². The Morgan fingerprint density at radius 3 is 2.48 bits per heavy atom. The highest BCUT2D eigenvalue weighted by molar-refractivity contribution is 6.02. The van der Waals surface area contributed by atoms with Crippen molar-refractivity contribution >= 4 is 16.7 Å². The van der Waals surface area contributed by atoms with Crippen molar-refractivity contribution < 1.29 is 13.6 Å². The highest BCUT2D eigenvalue weighted by atomic mass is 19.3. The maximum atomic E-state index is 14.4. The third kappa shape index (κ3) is 2.40. The van der Waals surface area contributed by atoms with E-state index < -0.39 is 11.7 Å². The first-order valence-corrected chi connectivity index (χ1v) is 6.42. The highest BCUT2D eigenvalue weighted by Gasteiger charge is 2.41. The number of hydrogen-bond acceptors (Lipinski definition) is 2. The first-order valence-electron chi connectivity index (χ1n) is 6.42. The molecule has 0 unspecified atom stereocenters. The van der Waals surface area contributed by atoms with E-state index in [9.17, 15) is 13.6 Å². The van der Waals surface area contributed by atoms with E-state index in [0.717, 1.165) is 5.39 Å². The van der Waals surface area contributed by atoms with Gasteiger partial charge in [0.25, 0.3) is 0 Å². The van der Waals surface area contributed by atoms with Crippen LogP contribution in [0.5, 0.6) is 0 Å². The van der Waals surface area contributed by atoms with Crippen LogP contribution < -0.4 is 0 Å². The molecule has 0 aliphatic heterocycles. The zero-order valence-corrected chi connectivity index (χ0v) is 11.0. The summed E-state index contributed by atoms with van der Waals surface area (Å²) in [6.07, 6.45) is 1.53. The molecule has 2 nitrogen and oxygen atoms in total. The topological polar surface area (TPSA) is 30.0 Å². The maximum absolute atomic E-state index is 14.4. The van der Waals surface area contributed by atoms with Crippen LogP contribution in [0.25, 0.3) is 10.9 Å². The van der Waals surface area contributed by atoms with Crippen LogP contribution >= 0.6 is 0 Å². The fraction of sp³-hybridized carbons (Fsp3) is 0.0588. The molecular formula is C17H11F2NO. The molecule has 0 aliphatic rings. The molecule has 0 atom stereocenters. The molecule has 0 amide bonds. The van der Waals surface area contributed by atoms with Gasteiger partial charge < -0.3 is 0 Å². The third-order valence-corrected chi connectivity index (χ3v) is 3.29. The number of benzene rings is 2. The Kier molecular flexibility index (Phi) is 3.22. The van der Waals surface area contributed by atoms with E-state index in [1.807, 2.05) is 0 Å². The summed E-state index contributed by atoms with van der Waals surface area (Å²) < 4.78 is 28.8. The molecular weight excluding hydrogens is 272 g/mol. The number of nitrogens with zero attached hydrogens (tertiary/aromatic N) is 1. The SMILES string of the molecule is O=C(c1ccccc1)C(F)(F)c1ccc2cccnc2c1. The number of carbonyl (C=O) groups is 1. The van der Waals surface area contributed by atoms with E-state index in [4.69, 9.17) is 0 Å². The Balaban J connectivity index is 2.05. The molecule has 2 aromatic carbocycles. The fourth-order valence-electron chi connectivity index (χ4n) is 2.16. The minimum absolute atomic E-state index is 0.0105. The number of Topliss-reactive ketones (excluding diaryl/α,β-unsaturated/α-hetero) is 1. The minimum Gasteiger partial charge on any atom is -0.287 e. The zero-order valence-electron chi connectivity index (χ0n) is 11.0. The molecule has 1 heterocycles. The molecule has 3 aromatic rings. The Labute approximate surface area is 120 Å². The summed E-state index contributed by atoms with van der Waals surface area (Å²) in [6.45, 7) is 0. The second-order valence-corrected chi connectivity index (χ2v) is 4.68. The van der Waals surface area contributed by atoms with E-state index in [1.165, 1.54) is 30.5 Å². The second-order valence-electron chi connectivity index (χ2n) is 4.68. The number of fused-ring (bicyclic) bond motifs is 1. The van der Waals surface area contributed by atoms with Crippen LogP contribution in [0.1, 0.15) is 15.9 Å². The molecule has 0 aliphatic carbocycles. The van der Waals surface area contributed by atoms with Crippen molar-refractivity contribution in [1.82, 2.24) is 4.98 Å². The molecule has 0 saturated heterocycles. The van der Waals surface area contributed by atoms with Gasteiger partial charge in [-0.25, -0.2) is 0 Å². The van der Waals surface area contributed by atoms with Gasteiger partial charge in [-0.1, -0.05) is 48.5 Å². The predicted octanol–water partition coefficient (Wildman–Crippen LogP) is 4.21. The lowest BCUT2D eigenvalue weighted by Gasteiger charge is -2.16. The summed E-state index contributed by atoms with van der Waals surface area (Å²) in [6, 6.07) is 15.2. The summed E-state index contributed by atoms with van der Waals surface area (Å²) in [5.74, 6) is -4.79. The van der Waals surface area contributed by atoms with Crippen LogP contribution in [-0.4, -0.2) is 10.8 Å². The van der Waals surface area contributed by atoms with Gasteiger partial charge in [0.1, 0.15) is 0 Å². The van der Waals surface area contributed by atoms with Crippen LogP contribution in [0.2, 0.25) is 0 Å². The number of aromatic nitrogens is 1. The third-order valence-electron chi connectivity index (χ3n) is 3.29. The Morgan fingerprint density at radius 2 is 1.71 bits per heavy atom. The Hall–Kier alpha value is -2.62. The highest BCUT2D eigenvalue weighted by Crippen LogP contribution is 2.33. The number of rotatable bonds is 3. The summed E-state index contributed by atoms with van der Waals surface area (Å²) in [4.78, 5) is 16.1. The summed E-state index contributed by atoms with van der Waals surface area (Å²) in [5, 5.41) is 0.754. The van der Waals surface area contributed by atoms with Gasteiger partial charge in [0.05, 0.1) is 5.52 Å². The molecule has 0 fully saturated rings. The van der Waals surface area contributed by atoms with Crippen molar-refractivity contribution in [3.8, 4) is 0 Å². The van der Waals surface area contributed by atoms with E-state index in [-0.39, 0.29) is 11.1 Å². The lowest BCUT2D eigenvalue weighted by atomic mass is 9.98. The lowest BCUT2D eigenvalue weighted by Crippen LogP contribution is -2.26. The maximum Gasteiger partial charge on any atom is 0.335 e. The lowest BCUT2D eigenvalue weighted by molar-refractivity contribution is 0.00750. The van der Waals surface area contributed by atoms with Crippen molar-refractivity contribution in [3.63, 3.8) is 0 Å². The van der Waals surface area contributed by atoms with Crippen molar-refractivity contribution in [2.24, 2.45) is 0 Å². The van der Waals surface area contributed by atoms with Gasteiger partial charge in [-0.3, -0.25) is 9.78 Å². The first-order chi connectivity index (χ1) is 10.1. The van der Waals surface area contributed by atoms with Gasteiger partial charge in [-0.05, 0) is 12.1 Å². The number of halogens is 2. The number of pyridine rings is 1. The molecule has 4 heteroatoms. The number of alkyl halides is 2. The van der Waals surface area contributed by atoms with Gasteiger partial charge in [0, 0.05) is 22.7 Å². The minimum atomic E-state index is -3.58. The van der Waals surface area contributed by atoms with E-state index in [0.29, 0.717) is 5.52 Å². The smallest absolute Gasteiger partial charge is 0.287 e. The van der Waals surface area contributed by atoms with E-state index in [1.54, 1.807) is 36.4 Å². The quantitative estimate of drug-likeness (QED) is 0.674. The molecule has 0 spiro atoms. The van der Waals surface area contributed by atoms with Crippen LogP contribution in [0.4, 0.5) is 8.78 Å². The first kappa shape index (κ1) is 13.4. The monoisotopic (exact) mass is 283 g/mol. The van der Waals surface area contributed by atoms with E-state index in [2.05, 4.69) is 4.98 Å². The normalized spacial score (nSPS) is 11.5. The van der Waals surface area contributed by atoms with Gasteiger partial charge in [-0.2, -0.15) is 8.78 Å². The van der Waals surface area contributed by atoms with Crippen LogP contribution in [-0.2, 0) is 5.92 Å².